The Kier molecular flexibility index (Phi) is 6.20. The number of piperazine rings is 1. The maximum absolute atomic E-state index is 12.8. The van der Waals surface area contributed by atoms with Crippen LogP contribution in [-0.2, 0) is 0 Å². The monoisotopic (exact) mass is 358 g/mol. The van der Waals surface area contributed by atoms with Crippen LogP contribution in [-0.4, -0.2) is 67.1 Å². The summed E-state index contributed by atoms with van der Waals surface area (Å²) in [6.45, 7) is 12.5. The Balaban J connectivity index is 1.60. The number of piperidine rings is 1. The van der Waals surface area contributed by atoms with Crippen molar-refractivity contribution in [2.75, 3.05) is 44.2 Å². The van der Waals surface area contributed by atoms with Gasteiger partial charge in [0.1, 0.15) is 0 Å². The molecule has 2 unspecified atom stereocenters. The molecule has 1 aromatic carbocycles. The van der Waals surface area contributed by atoms with Crippen molar-refractivity contribution in [2.45, 2.75) is 45.7 Å². The first-order valence-electron chi connectivity index (χ1n) is 10.1. The lowest BCUT2D eigenvalue weighted by Gasteiger charge is -2.38. The van der Waals surface area contributed by atoms with Crippen molar-refractivity contribution >= 4 is 11.6 Å². The molecule has 3 rings (SSSR count). The van der Waals surface area contributed by atoms with E-state index in [2.05, 4.69) is 35.8 Å². The highest BCUT2D eigenvalue weighted by molar-refractivity contribution is 5.94. The van der Waals surface area contributed by atoms with E-state index in [0.29, 0.717) is 12.0 Å². The van der Waals surface area contributed by atoms with Crippen LogP contribution in [0.5, 0.6) is 0 Å². The number of likely N-dealkylation sites (tertiary alicyclic amines) is 1. The number of nitrogens with two attached hydrogens (primary N) is 1. The molecule has 1 aromatic rings. The molecule has 1 amide bonds. The molecule has 5 nitrogen and oxygen atoms in total. The molecule has 2 saturated heterocycles. The van der Waals surface area contributed by atoms with Gasteiger partial charge in [0.05, 0.1) is 0 Å². The van der Waals surface area contributed by atoms with Gasteiger partial charge in [-0.15, -0.1) is 0 Å². The summed E-state index contributed by atoms with van der Waals surface area (Å²) in [4.78, 5) is 19.7. The van der Waals surface area contributed by atoms with Crippen LogP contribution >= 0.6 is 0 Å². The summed E-state index contributed by atoms with van der Waals surface area (Å²) in [7, 11) is 0. The zero-order chi connectivity index (χ0) is 18.7. The van der Waals surface area contributed by atoms with Crippen LogP contribution in [0.2, 0.25) is 0 Å². The van der Waals surface area contributed by atoms with Gasteiger partial charge in [-0.25, -0.2) is 0 Å². The zero-order valence-corrected chi connectivity index (χ0v) is 16.5. The zero-order valence-electron chi connectivity index (χ0n) is 16.5. The number of anilines is 1. The number of hydrogen-bond acceptors (Lipinski definition) is 4. The van der Waals surface area contributed by atoms with Gasteiger partial charge in [-0.3, -0.25) is 9.69 Å². The van der Waals surface area contributed by atoms with Crippen molar-refractivity contribution in [3.8, 4) is 0 Å². The molecule has 2 fully saturated rings. The van der Waals surface area contributed by atoms with Gasteiger partial charge >= 0.3 is 0 Å². The molecule has 0 bridgehead atoms. The minimum absolute atomic E-state index is 0.145. The minimum atomic E-state index is 0.145. The largest absolute Gasteiger partial charge is 0.369 e. The van der Waals surface area contributed by atoms with Gasteiger partial charge in [-0.1, -0.05) is 0 Å². The van der Waals surface area contributed by atoms with Gasteiger partial charge in [0.2, 0.25) is 0 Å². The molecule has 0 aliphatic carbocycles. The summed E-state index contributed by atoms with van der Waals surface area (Å²) in [5.74, 6) is 0.566. The molecular weight excluding hydrogens is 324 g/mol. The molecule has 2 atom stereocenters. The maximum atomic E-state index is 12.8. The summed E-state index contributed by atoms with van der Waals surface area (Å²) >= 11 is 0. The van der Waals surface area contributed by atoms with Crippen LogP contribution < -0.4 is 10.6 Å². The topological polar surface area (TPSA) is 52.8 Å². The van der Waals surface area contributed by atoms with E-state index >= 15 is 0 Å². The van der Waals surface area contributed by atoms with Crippen LogP contribution in [0.1, 0.15) is 44.0 Å². The second kappa shape index (κ2) is 8.40. The number of hydrogen-bond donors (Lipinski definition) is 1. The Hall–Kier alpha value is -1.59. The molecule has 144 valence electrons. The lowest BCUT2D eigenvalue weighted by atomic mass is 9.92. The van der Waals surface area contributed by atoms with E-state index in [1.54, 1.807) is 0 Å². The van der Waals surface area contributed by atoms with Crippen molar-refractivity contribution in [3.63, 3.8) is 0 Å². The number of amides is 1. The molecular formula is C21H34N4O. The predicted molar refractivity (Wildman–Crippen MR) is 108 cm³/mol. The lowest BCUT2D eigenvalue weighted by Crippen LogP contribution is -2.48. The number of rotatable bonds is 4. The molecule has 5 heteroatoms. The fourth-order valence-corrected chi connectivity index (χ4v) is 4.12. The average Bonchev–Trinajstić information content (AvgIpc) is 2.67. The summed E-state index contributed by atoms with van der Waals surface area (Å²) < 4.78 is 0. The molecule has 0 spiro atoms. The second-order valence-corrected chi connectivity index (χ2v) is 8.18. The predicted octanol–water partition coefficient (Wildman–Crippen LogP) is 2.42. The highest BCUT2D eigenvalue weighted by Gasteiger charge is 2.26. The van der Waals surface area contributed by atoms with Crippen LogP contribution in [0.15, 0.2) is 24.3 Å². The second-order valence-electron chi connectivity index (χ2n) is 8.18. The Morgan fingerprint density at radius 1 is 1.04 bits per heavy atom. The average molecular weight is 359 g/mol. The first-order chi connectivity index (χ1) is 12.5. The number of carbonyl (C=O) groups is 1. The highest BCUT2D eigenvalue weighted by atomic mass is 16.2. The van der Waals surface area contributed by atoms with E-state index in [1.807, 2.05) is 24.0 Å². The standard InChI is InChI=1S/C21H34N4O/c1-16(2)23-11-13-24(14-12-23)20-8-6-18(7-9-20)21(26)25-10-4-5-19(15-25)17(3)22/h6-9,16-17,19H,4-5,10-15,22H2,1-3H3. The van der Waals surface area contributed by atoms with E-state index in [1.165, 1.54) is 5.69 Å². The first-order valence-corrected chi connectivity index (χ1v) is 10.1. The summed E-state index contributed by atoms with van der Waals surface area (Å²) in [5.41, 5.74) is 8.06. The SMILES string of the molecule is CC(N)C1CCCN(C(=O)c2ccc(N3CCN(C(C)C)CC3)cc2)C1. The van der Waals surface area contributed by atoms with Gasteiger partial charge in [-0.2, -0.15) is 0 Å². The van der Waals surface area contributed by atoms with Gasteiger partial charge in [0.25, 0.3) is 5.91 Å². The number of nitrogens with zero attached hydrogens (tertiary/aromatic N) is 3. The van der Waals surface area contributed by atoms with Gasteiger partial charge in [0, 0.05) is 62.6 Å². The van der Waals surface area contributed by atoms with Crippen LogP contribution in [0.4, 0.5) is 5.69 Å². The summed E-state index contributed by atoms with van der Waals surface area (Å²) in [5, 5.41) is 0. The molecule has 2 aliphatic heterocycles. The number of benzene rings is 1. The van der Waals surface area contributed by atoms with E-state index in [4.69, 9.17) is 5.73 Å². The van der Waals surface area contributed by atoms with Gasteiger partial charge in [-0.05, 0) is 63.8 Å². The molecule has 26 heavy (non-hydrogen) atoms. The van der Waals surface area contributed by atoms with Gasteiger partial charge < -0.3 is 15.5 Å². The van der Waals surface area contributed by atoms with Gasteiger partial charge in [0.15, 0.2) is 0 Å². The molecule has 2 aliphatic rings. The fraction of sp³-hybridized carbons (Fsp3) is 0.667. The Morgan fingerprint density at radius 2 is 1.69 bits per heavy atom. The Bertz CT molecular complexity index is 591. The van der Waals surface area contributed by atoms with E-state index in [9.17, 15) is 4.79 Å². The first kappa shape index (κ1) is 19.2. The molecule has 0 saturated carbocycles. The van der Waals surface area contributed by atoms with Crippen molar-refractivity contribution < 1.29 is 4.79 Å². The third kappa shape index (κ3) is 4.38. The minimum Gasteiger partial charge on any atom is -0.369 e. The van der Waals surface area contributed by atoms with E-state index in [0.717, 1.165) is 57.7 Å². The molecule has 2 N–H and O–H groups in total. The Morgan fingerprint density at radius 3 is 2.27 bits per heavy atom. The fourth-order valence-electron chi connectivity index (χ4n) is 4.12. The van der Waals surface area contributed by atoms with E-state index in [-0.39, 0.29) is 11.9 Å². The quantitative estimate of drug-likeness (QED) is 0.898. The third-order valence-electron chi connectivity index (χ3n) is 6.01. The third-order valence-corrected chi connectivity index (χ3v) is 6.01. The summed E-state index contributed by atoms with van der Waals surface area (Å²) in [6, 6.07) is 8.94. The van der Waals surface area contributed by atoms with Crippen molar-refractivity contribution in [3.05, 3.63) is 29.8 Å². The summed E-state index contributed by atoms with van der Waals surface area (Å²) in [6.07, 6.45) is 2.18. The molecule has 0 aromatic heterocycles. The maximum Gasteiger partial charge on any atom is 0.253 e. The van der Waals surface area contributed by atoms with Crippen LogP contribution in [0.3, 0.4) is 0 Å². The smallest absolute Gasteiger partial charge is 0.253 e. The van der Waals surface area contributed by atoms with Crippen LogP contribution in [0.25, 0.3) is 0 Å². The molecule has 2 heterocycles. The lowest BCUT2D eigenvalue weighted by molar-refractivity contribution is 0.0661. The van der Waals surface area contributed by atoms with Crippen molar-refractivity contribution in [2.24, 2.45) is 11.7 Å². The molecule has 0 radical (unpaired) electrons. The van der Waals surface area contributed by atoms with Crippen LogP contribution in [0, 0.1) is 5.92 Å². The normalized spacial score (nSPS) is 23.3. The van der Waals surface area contributed by atoms with Crippen molar-refractivity contribution in [1.29, 1.82) is 0 Å². The highest BCUT2D eigenvalue weighted by Crippen LogP contribution is 2.22. The Labute approximate surface area is 158 Å². The van der Waals surface area contributed by atoms with E-state index < -0.39 is 0 Å². The number of carbonyl (C=O) groups excluding carboxylic acids is 1. The van der Waals surface area contributed by atoms with Crippen molar-refractivity contribution in [1.82, 2.24) is 9.80 Å².